The molecule has 0 heterocycles. The fourth-order valence-corrected chi connectivity index (χ4v) is 2.49. The lowest BCUT2D eigenvalue weighted by molar-refractivity contribution is -0.151. The van der Waals surface area contributed by atoms with E-state index in [9.17, 15) is 4.79 Å². The molecule has 1 aliphatic rings. The average molecular weight is 300 g/mol. The van der Waals surface area contributed by atoms with E-state index in [1.165, 1.54) is 12.8 Å². The zero-order chi connectivity index (χ0) is 15.7. The van der Waals surface area contributed by atoms with E-state index in [-0.39, 0.29) is 5.97 Å². The Labute approximate surface area is 129 Å². The Morgan fingerprint density at radius 3 is 2.57 bits per heavy atom. The highest BCUT2D eigenvalue weighted by Crippen LogP contribution is 2.25. The van der Waals surface area contributed by atoms with Crippen molar-refractivity contribution in [2.45, 2.75) is 57.5 Å². The third-order valence-corrected chi connectivity index (χ3v) is 3.93. The maximum Gasteiger partial charge on any atom is 0.326 e. The van der Waals surface area contributed by atoms with E-state index < -0.39 is 5.54 Å². The van der Waals surface area contributed by atoms with Gasteiger partial charge in [0.15, 0.2) is 0 Å². The third-order valence-electron chi connectivity index (χ3n) is 3.93. The second-order valence-electron chi connectivity index (χ2n) is 6.22. The van der Waals surface area contributed by atoms with Gasteiger partial charge in [0.05, 0.1) is 6.61 Å². The minimum atomic E-state index is -0.537. The van der Waals surface area contributed by atoms with Gasteiger partial charge in [-0.25, -0.2) is 0 Å². The first-order chi connectivity index (χ1) is 10.0. The molecule has 1 N–H and O–H groups in total. The average Bonchev–Trinajstić information content (AvgIpc) is 3.23. The highest BCUT2D eigenvalue weighted by Gasteiger charge is 2.39. The van der Waals surface area contributed by atoms with Gasteiger partial charge in [0, 0.05) is 26.3 Å². The van der Waals surface area contributed by atoms with E-state index in [2.05, 4.69) is 17.3 Å². The predicted octanol–water partition coefficient (Wildman–Crippen LogP) is 1.81. The lowest BCUT2D eigenvalue weighted by Crippen LogP contribution is -2.51. The molecule has 5 heteroatoms. The smallest absolute Gasteiger partial charge is 0.326 e. The summed E-state index contributed by atoms with van der Waals surface area (Å²) in [6, 6.07) is 0.499. The van der Waals surface area contributed by atoms with Crippen LogP contribution in [0.5, 0.6) is 0 Å². The van der Waals surface area contributed by atoms with Crippen LogP contribution in [-0.2, 0) is 14.3 Å². The van der Waals surface area contributed by atoms with Gasteiger partial charge in [-0.2, -0.15) is 0 Å². The van der Waals surface area contributed by atoms with Gasteiger partial charge in [-0.05, 0) is 59.5 Å². The highest BCUT2D eigenvalue weighted by atomic mass is 16.5. The molecule has 1 fully saturated rings. The summed E-state index contributed by atoms with van der Waals surface area (Å²) in [6.45, 7) is 7.10. The van der Waals surface area contributed by atoms with Crippen molar-refractivity contribution in [3.05, 3.63) is 0 Å². The quantitative estimate of drug-likeness (QED) is 0.440. The Hall–Kier alpha value is -0.650. The molecule has 0 saturated heterocycles. The van der Waals surface area contributed by atoms with E-state index in [0.717, 1.165) is 39.0 Å². The van der Waals surface area contributed by atoms with Gasteiger partial charge in [-0.3, -0.25) is 10.1 Å². The molecule has 0 amide bonds. The largest absolute Gasteiger partial charge is 0.465 e. The Balaban J connectivity index is 2.33. The van der Waals surface area contributed by atoms with Crippen molar-refractivity contribution in [3.63, 3.8) is 0 Å². The van der Waals surface area contributed by atoms with Gasteiger partial charge in [-0.1, -0.05) is 0 Å². The predicted molar refractivity (Wildman–Crippen MR) is 84.4 cm³/mol. The molecule has 1 atom stereocenters. The molecule has 124 valence electrons. The van der Waals surface area contributed by atoms with E-state index in [0.29, 0.717) is 12.6 Å². The maximum atomic E-state index is 12.2. The molecule has 0 bridgehead atoms. The number of ether oxygens (including phenoxy) is 2. The third kappa shape index (κ3) is 7.25. The summed E-state index contributed by atoms with van der Waals surface area (Å²) in [4.78, 5) is 14.5. The standard InChI is InChI=1S/C16H32N2O3/c1-5-21-15(19)16(2,17-14-8-9-14)10-6-11-18(3)12-7-13-20-4/h14,17H,5-13H2,1-4H3. The highest BCUT2D eigenvalue weighted by molar-refractivity contribution is 5.80. The number of methoxy groups -OCH3 is 1. The summed E-state index contributed by atoms with van der Waals surface area (Å²) in [5, 5.41) is 3.46. The van der Waals surface area contributed by atoms with Crippen LogP contribution in [0.2, 0.25) is 0 Å². The van der Waals surface area contributed by atoms with Crippen LogP contribution < -0.4 is 5.32 Å². The Kier molecular flexibility index (Phi) is 8.22. The van der Waals surface area contributed by atoms with Crippen LogP contribution in [0.1, 0.15) is 46.0 Å². The minimum absolute atomic E-state index is 0.112. The van der Waals surface area contributed by atoms with Crippen molar-refractivity contribution in [1.29, 1.82) is 0 Å². The summed E-state index contributed by atoms with van der Waals surface area (Å²) < 4.78 is 10.3. The SMILES string of the molecule is CCOC(=O)C(C)(CCCN(C)CCCOC)NC1CC1. The molecule has 0 aromatic heterocycles. The van der Waals surface area contributed by atoms with Gasteiger partial charge >= 0.3 is 5.97 Å². The zero-order valence-electron chi connectivity index (χ0n) is 14.1. The van der Waals surface area contributed by atoms with Crippen molar-refractivity contribution in [2.75, 3.05) is 40.5 Å². The molecule has 0 radical (unpaired) electrons. The van der Waals surface area contributed by atoms with Crippen molar-refractivity contribution in [3.8, 4) is 0 Å². The summed E-state index contributed by atoms with van der Waals surface area (Å²) in [6.07, 6.45) is 5.19. The van der Waals surface area contributed by atoms with Crippen LogP contribution >= 0.6 is 0 Å². The lowest BCUT2D eigenvalue weighted by Gasteiger charge is -2.29. The maximum absolute atomic E-state index is 12.2. The first-order valence-electron chi connectivity index (χ1n) is 8.14. The number of nitrogens with one attached hydrogen (secondary N) is 1. The molecular weight excluding hydrogens is 268 g/mol. The Morgan fingerprint density at radius 2 is 2.00 bits per heavy atom. The van der Waals surface area contributed by atoms with E-state index >= 15 is 0 Å². The van der Waals surface area contributed by atoms with E-state index in [4.69, 9.17) is 9.47 Å². The van der Waals surface area contributed by atoms with Gasteiger partial charge in [-0.15, -0.1) is 0 Å². The van der Waals surface area contributed by atoms with E-state index in [1.807, 2.05) is 13.8 Å². The lowest BCUT2D eigenvalue weighted by atomic mass is 9.95. The molecule has 1 rings (SSSR count). The topological polar surface area (TPSA) is 50.8 Å². The van der Waals surface area contributed by atoms with Gasteiger partial charge < -0.3 is 14.4 Å². The fraction of sp³-hybridized carbons (Fsp3) is 0.938. The Morgan fingerprint density at radius 1 is 1.33 bits per heavy atom. The van der Waals surface area contributed by atoms with Gasteiger partial charge in [0.25, 0.3) is 0 Å². The number of carbonyl (C=O) groups is 1. The number of nitrogens with zero attached hydrogens (tertiary/aromatic N) is 1. The number of hydrogen-bond acceptors (Lipinski definition) is 5. The first-order valence-corrected chi connectivity index (χ1v) is 8.14. The molecule has 0 spiro atoms. The van der Waals surface area contributed by atoms with Crippen LogP contribution in [0.25, 0.3) is 0 Å². The molecular formula is C16H32N2O3. The molecule has 0 aliphatic heterocycles. The van der Waals surface area contributed by atoms with Crippen molar-refractivity contribution < 1.29 is 14.3 Å². The van der Waals surface area contributed by atoms with Crippen LogP contribution in [0, 0.1) is 0 Å². The Bertz CT molecular complexity index is 308. The van der Waals surface area contributed by atoms with Crippen molar-refractivity contribution in [2.24, 2.45) is 0 Å². The molecule has 1 aliphatic carbocycles. The molecule has 5 nitrogen and oxygen atoms in total. The van der Waals surface area contributed by atoms with Crippen LogP contribution in [0.15, 0.2) is 0 Å². The van der Waals surface area contributed by atoms with Crippen LogP contribution in [0.4, 0.5) is 0 Å². The molecule has 1 unspecified atom stereocenters. The van der Waals surface area contributed by atoms with Gasteiger partial charge in [0.2, 0.25) is 0 Å². The minimum Gasteiger partial charge on any atom is -0.465 e. The number of rotatable bonds is 12. The molecule has 21 heavy (non-hydrogen) atoms. The second-order valence-corrected chi connectivity index (χ2v) is 6.22. The number of esters is 1. The molecule has 0 aromatic carbocycles. The van der Waals surface area contributed by atoms with E-state index in [1.54, 1.807) is 7.11 Å². The van der Waals surface area contributed by atoms with Crippen molar-refractivity contribution in [1.82, 2.24) is 10.2 Å². The second kappa shape index (κ2) is 9.38. The molecule has 1 saturated carbocycles. The summed E-state index contributed by atoms with van der Waals surface area (Å²) >= 11 is 0. The molecule has 0 aromatic rings. The number of hydrogen-bond donors (Lipinski definition) is 1. The monoisotopic (exact) mass is 300 g/mol. The number of carbonyl (C=O) groups excluding carboxylic acids is 1. The van der Waals surface area contributed by atoms with Crippen molar-refractivity contribution >= 4 is 5.97 Å². The fourth-order valence-electron chi connectivity index (χ4n) is 2.49. The van der Waals surface area contributed by atoms with Crippen LogP contribution in [0.3, 0.4) is 0 Å². The van der Waals surface area contributed by atoms with Gasteiger partial charge in [0.1, 0.15) is 5.54 Å². The van der Waals surface area contributed by atoms with Crippen LogP contribution in [-0.4, -0.2) is 62.9 Å². The summed E-state index contributed by atoms with van der Waals surface area (Å²) in [7, 11) is 3.85. The normalized spacial score (nSPS) is 17.8. The summed E-state index contributed by atoms with van der Waals surface area (Å²) in [5.41, 5.74) is -0.537. The summed E-state index contributed by atoms with van der Waals surface area (Å²) in [5.74, 6) is -0.112. The zero-order valence-corrected chi connectivity index (χ0v) is 14.1. The first kappa shape index (κ1) is 18.4.